The van der Waals surface area contributed by atoms with E-state index in [0.29, 0.717) is 0 Å². The molecule has 0 amide bonds. The molecular weight excluding hydrogens is 510 g/mol. The summed E-state index contributed by atoms with van der Waals surface area (Å²) < 4.78 is 6.64. The molecule has 8 rings (SSSR count). The van der Waals surface area contributed by atoms with E-state index < -0.39 is 0 Å². The summed E-state index contributed by atoms with van der Waals surface area (Å²) in [5, 5.41) is 4.62. The van der Waals surface area contributed by atoms with Gasteiger partial charge in [0.2, 0.25) is 0 Å². The second kappa shape index (κ2) is 10.1. The highest BCUT2D eigenvalue weighted by molar-refractivity contribution is 6.18. The standard InChI is InChI=1S/C40H27NO/c1-4-12-28(13-5-1)29-20-22-33(23-21-29)41(32-17-8-3-9-18-32)34-24-25-38-36(27-34)37-26-31-16-10-11-19-35(31)39(40(37)42-38)30-14-6-2-7-15-30/h1-27H. The highest BCUT2D eigenvalue weighted by Crippen LogP contribution is 2.43. The van der Waals surface area contributed by atoms with Gasteiger partial charge in [0.1, 0.15) is 11.2 Å². The van der Waals surface area contributed by atoms with Crippen molar-refractivity contribution in [2.24, 2.45) is 0 Å². The first-order valence-electron chi connectivity index (χ1n) is 14.3. The molecule has 2 heteroatoms. The number of anilines is 3. The van der Waals surface area contributed by atoms with Crippen LogP contribution in [0.2, 0.25) is 0 Å². The predicted molar refractivity (Wildman–Crippen MR) is 177 cm³/mol. The fraction of sp³-hybridized carbons (Fsp3) is 0. The third-order valence-electron chi connectivity index (χ3n) is 8.03. The molecule has 42 heavy (non-hydrogen) atoms. The molecule has 0 saturated carbocycles. The number of fused-ring (bicyclic) bond motifs is 4. The van der Waals surface area contributed by atoms with Crippen molar-refractivity contribution in [2.75, 3.05) is 4.90 Å². The zero-order valence-corrected chi connectivity index (χ0v) is 22.9. The zero-order chi connectivity index (χ0) is 27.9. The summed E-state index contributed by atoms with van der Waals surface area (Å²) in [5.74, 6) is 0. The summed E-state index contributed by atoms with van der Waals surface area (Å²) in [5.41, 5.74) is 9.79. The molecule has 0 fully saturated rings. The van der Waals surface area contributed by atoms with Gasteiger partial charge in [-0.3, -0.25) is 0 Å². The lowest BCUT2D eigenvalue weighted by molar-refractivity contribution is 0.670. The van der Waals surface area contributed by atoms with Crippen LogP contribution in [0, 0.1) is 0 Å². The fourth-order valence-electron chi connectivity index (χ4n) is 6.05. The van der Waals surface area contributed by atoms with Crippen molar-refractivity contribution in [1.82, 2.24) is 0 Å². The van der Waals surface area contributed by atoms with Gasteiger partial charge in [-0.15, -0.1) is 0 Å². The molecule has 0 aliphatic heterocycles. The number of furan rings is 1. The molecule has 0 unspecified atom stereocenters. The van der Waals surface area contributed by atoms with Crippen LogP contribution in [0.25, 0.3) is 55.0 Å². The Balaban J connectivity index is 1.33. The van der Waals surface area contributed by atoms with Crippen molar-refractivity contribution in [1.29, 1.82) is 0 Å². The van der Waals surface area contributed by atoms with E-state index >= 15 is 0 Å². The van der Waals surface area contributed by atoms with Gasteiger partial charge >= 0.3 is 0 Å². The Labute approximate surface area is 244 Å². The lowest BCUT2D eigenvalue weighted by Crippen LogP contribution is -2.09. The molecule has 0 aliphatic rings. The smallest absolute Gasteiger partial charge is 0.143 e. The number of hydrogen-bond donors (Lipinski definition) is 0. The monoisotopic (exact) mass is 537 g/mol. The largest absolute Gasteiger partial charge is 0.455 e. The van der Waals surface area contributed by atoms with E-state index in [-0.39, 0.29) is 0 Å². The van der Waals surface area contributed by atoms with E-state index in [1.165, 1.54) is 21.9 Å². The van der Waals surface area contributed by atoms with Crippen LogP contribution in [0.3, 0.4) is 0 Å². The average Bonchev–Trinajstić information content (AvgIpc) is 3.43. The van der Waals surface area contributed by atoms with E-state index in [4.69, 9.17) is 4.42 Å². The molecule has 0 atom stereocenters. The first-order valence-corrected chi connectivity index (χ1v) is 14.3. The van der Waals surface area contributed by atoms with Crippen LogP contribution in [-0.4, -0.2) is 0 Å². The van der Waals surface area contributed by atoms with Crippen molar-refractivity contribution in [3.63, 3.8) is 0 Å². The molecule has 8 aromatic rings. The normalized spacial score (nSPS) is 11.3. The van der Waals surface area contributed by atoms with Gasteiger partial charge < -0.3 is 9.32 Å². The van der Waals surface area contributed by atoms with E-state index in [1.807, 2.05) is 0 Å². The third-order valence-corrected chi connectivity index (χ3v) is 8.03. The summed E-state index contributed by atoms with van der Waals surface area (Å²) in [6.45, 7) is 0. The van der Waals surface area contributed by atoms with Crippen molar-refractivity contribution < 1.29 is 4.42 Å². The number of hydrogen-bond acceptors (Lipinski definition) is 2. The topological polar surface area (TPSA) is 16.4 Å². The summed E-state index contributed by atoms with van der Waals surface area (Å²) in [6.07, 6.45) is 0. The summed E-state index contributed by atoms with van der Waals surface area (Å²) in [6, 6.07) is 57.8. The molecule has 0 saturated heterocycles. The maximum absolute atomic E-state index is 6.64. The Morgan fingerprint density at radius 3 is 1.69 bits per heavy atom. The molecular formula is C40H27NO. The molecule has 0 N–H and O–H groups in total. The molecule has 0 spiro atoms. The van der Waals surface area contributed by atoms with Gasteiger partial charge in [-0.05, 0) is 76.0 Å². The van der Waals surface area contributed by atoms with Gasteiger partial charge in [0, 0.05) is 33.4 Å². The SMILES string of the molecule is c1ccc(-c2ccc(N(c3ccccc3)c3ccc4oc5c(-c6ccccc6)c6ccccc6cc5c4c3)cc2)cc1. The maximum atomic E-state index is 6.64. The Hall–Kier alpha value is -5.60. The molecule has 1 aromatic heterocycles. The minimum Gasteiger partial charge on any atom is -0.455 e. The second-order valence-corrected chi connectivity index (χ2v) is 10.6. The van der Waals surface area contributed by atoms with Crippen LogP contribution in [0.1, 0.15) is 0 Å². The summed E-state index contributed by atoms with van der Waals surface area (Å²) in [7, 11) is 0. The van der Waals surface area contributed by atoms with Crippen molar-refractivity contribution in [2.45, 2.75) is 0 Å². The number of benzene rings is 7. The molecule has 2 nitrogen and oxygen atoms in total. The highest BCUT2D eigenvalue weighted by atomic mass is 16.3. The predicted octanol–water partition coefficient (Wildman–Crippen LogP) is 11.5. The van der Waals surface area contributed by atoms with E-state index in [0.717, 1.165) is 50.1 Å². The first kappa shape index (κ1) is 24.2. The Kier molecular flexibility index (Phi) is 5.82. The van der Waals surface area contributed by atoms with Crippen LogP contribution < -0.4 is 4.90 Å². The van der Waals surface area contributed by atoms with Gasteiger partial charge in [-0.25, -0.2) is 0 Å². The minimum atomic E-state index is 0.883. The second-order valence-electron chi connectivity index (χ2n) is 10.6. The first-order chi connectivity index (χ1) is 20.8. The van der Waals surface area contributed by atoms with Crippen LogP contribution in [0.5, 0.6) is 0 Å². The number of rotatable bonds is 5. The Bertz CT molecular complexity index is 2160. The zero-order valence-electron chi connectivity index (χ0n) is 22.9. The van der Waals surface area contributed by atoms with Gasteiger partial charge in [-0.1, -0.05) is 115 Å². The van der Waals surface area contributed by atoms with Crippen LogP contribution >= 0.6 is 0 Å². The van der Waals surface area contributed by atoms with Gasteiger partial charge in [0.25, 0.3) is 0 Å². The maximum Gasteiger partial charge on any atom is 0.143 e. The van der Waals surface area contributed by atoms with E-state index in [9.17, 15) is 0 Å². The molecule has 0 bridgehead atoms. The van der Waals surface area contributed by atoms with Gasteiger partial charge in [0.05, 0.1) is 0 Å². The molecule has 7 aromatic carbocycles. The summed E-state index contributed by atoms with van der Waals surface area (Å²) >= 11 is 0. The van der Waals surface area contributed by atoms with E-state index in [1.54, 1.807) is 0 Å². The Morgan fingerprint density at radius 2 is 0.952 bits per heavy atom. The molecule has 0 aliphatic carbocycles. The average molecular weight is 538 g/mol. The summed E-state index contributed by atoms with van der Waals surface area (Å²) in [4.78, 5) is 2.31. The van der Waals surface area contributed by atoms with Crippen molar-refractivity contribution >= 4 is 49.8 Å². The highest BCUT2D eigenvalue weighted by Gasteiger charge is 2.19. The lowest BCUT2D eigenvalue weighted by Gasteiger charge is -2.25. The molecule has 1 heterocycles. The van der Waals surface area contributed by atoms with Crippen LogP contribution in [0.4, 0.5) is 17.1 Å². The molecule has 0 radical (unpaired) electrons. The van der Waals surface area contributed by atoms with Crippen molar-refractivity contribution in [3.05, 3.63) is 164 Å². The quantitative estimate of drug-likeness (QED) is 0.217. The fourth-order valence-corrected chi connectivity index (χ4v) is 6.05. The number of nitrogens with zero attached hydrogens (tertiary/aromatic N) is 1. The number of para-hydroxylation sites is 1. The van der Waals surface area contributed by atoms with E-state index in [2.05, 4.69) is 169 Å². The van der Waals surface area contributed by atoms with Gasteiger partial charge in [-0.2, -0.15) is 0 Å². The van der Waals surface area contributed by atoms with Crippen LogP contribution in [0.15, 0.2) is 168 Å². The minimum absolute atomic E-state index is 0.883. The molecule has 198 valence electrons. The van der Waals surface area contributed by atoms with Gasteiger partial charge in [0.15, 0.2) is 0 Å². The Morgan fingerprint density at radius 1 is 0.381 bits per heavy atom. The lowest BCUT2D eigenvalue weighted by atomic mass is 9.95. The van der Waals surface area contributed by atoms with Crippen LogP contribution in [-0.2, 0) is 0 Å². The van der Waals surface area contributed by atoms with Crippen molar-refractivity contribution in [3.8, 4) is 22.3 Å². The third kappa shape index (κ3) is 4.13.